The molecule has 0 aliphatic carbocycles. The third-order valence-electron chi connectivity index (χ3n) is 4.43. The van der Waals surface area contributed by atoms with Gasteiger partial charge in [-0.05, 0) is 37.7 Å². The van der Waals surface area contributed by atoms with E-state index in [1.165, 1.54) is 5.56 Å². The van der Waals surface area contributed by atoms with Gasteiger partial charge in [0.1, 0.15) is 5.75 Å². The van der Waals surface area contributed by atoms with Crippen LogP contribution in [0.25, 0.3) is 0 Å². The van der Waals surface area contributed by atoms with Crippen LogP contribution in [-0.4, -0.2) is 40.3 Å². The zero-order valence-electron chi connectivity index (χ0n) is 11.0. The Labute approximate surface area is 112 Å². The number of hydrogen-bond acceptors (Lipinski definition) is 3. The Morgan fingerprint density at radius 3 is 2.68 bits per heavy atom. The minimum absolute atomic E-state index is 0.166. The molecule has 2 saturated heterocycles. The Morgan fingerprint density at radius 1 is 1.42 bits per heavy atom. The van der Waals surface area contributed by atoms with E-state index >= 15 is 0 Å². The van der Waals surface area contributed by atoms with Crippen molar-refractivity contribution in [2.45, 2.75) is 43.7 Å². The van der Waals surface area contributed by atoms with E-state index in [9.17, 15) is 9.90 Å². The number of hydrogen-bond donors (Lipinski definition) is 1. The molecule has 2 unspecified atom stereocenters. The minimum atomic E-state index is -0.771. The van der Waals surface area contributed by atoms with Gasteiger partial charge in [0.05, 0.1) is 13.3 Å². The fourth-order valence-corrected chi connectivity index (χ4v) is 3.64. The van der Waals surface area contributed by atoms with E-state index < -0.39 is 6.09 Å². The van der Waals surface area contributed by atoms with Gasteiger partial charge in [-0.25, -0.2) is 4.79 Å². The molecular weight excluding hydrogens is 244 g/mol. The van der Waals surface area contributed by atoms with E-state index in [1.54, 1.807) is 24.4 Å². The van der Waals surface area contributed by atoms with Crippen molar-refractivity contribution in [3.63, 3.8) is 0 Å². The Kier molecular flexibility index (Phi) is 3.05. The molecule has 1 amide bonds. The molecule has 3 heterocycles. The standard InChI is InChI=1S/C14H18N2O3/c1-19-13-8-15-5-4-12(13)9-6-10-2-3-11(7-9)16(10)14(17)18/h4-5,8-11H,2-3,6-7H2,1H3,(H,17,18). The molecule has 3 rings (SSSR count). The number of methoxy groups -OCH3 is 1. The van der Waals surface area contributed by atoms with Crippen LogP contribution in [-0.2, 0) is 0 Å². The molecule has 5 heteroatoms. The number of piperidine rings is 1. The molecule has 2 aliphatic rings. The van der Waals surface area contributed by atoms with Gasteiger partial charge >= 0.3 is 6.09 Å². The van der Waals surface area contributed by atoms with Gasteiger partial charge in [0.25, 0.3) is 0 Å². The second-order valence-corrected chi connectivity index (χ2v) is 5.36. The van der Waals surface area contributed by atoms with Crippen molar-refractivity contribution in [3.8, 4) is 5.75 Å². The topological polar surface area (TPSA) is 62.7 Å². The van der Waals surface area contributed by atoms with Crippen LogP contribution in [0.1, 0.15) is 37.2 Å². The summed E-state index contributed by atoms with van der Waals surface area (Å²) in [6.07, 6.45) is 6.51. The molecule has 2 fully saturated rings. The zero-order valence-corrected chi connectivity index (χ0v) is 11.0. The first-order valence-corrected chi connectivity index (χ1v) is 6.70. The van der Waals surface area contributed by atoms with Crippen LogP contribution in [0.5, 0.6) is 5.75 Å². The van der Waals surface area contributed by atoms with Gasteiger partial charge in [-0.15, -0.1) is 0 Å². The molecule has 1 aromatic heterocycles. The van der Waals surface area contributed by atoms with Gasteiger partial charge in [-0.1, -0.05) is 0 Å². The van der Waals surface area contributed by atoms with Crippen LogP contribution in [0.15, 0.2) is 18.5 Å². The molecule has 1 aromatic rings. The highest BCUT2D eigenvalue weighted by Crippen LogP contribution is 2.44. The van der Waals surface area contributed by atoms with Gasteiger partial charge in [0.15, 0.2) is 0 Å². The van der Waals surface area contributed by atoms with Gasteiger partial charge in [-0.3, -0.25) is 4.98 Å². The second-order valence-electron chi connectivity index (χ2n) is 5.36. The van der Waals surface area contributed by atoms with Crippen LogP contribution in [0.4, 0.5) is 4.79 Å². The van der Waals surface area contributed by atoms with E-state index in [4.69, 9.17) is 4.74 Å². The average Bonchev–Trinajstić information content (AvgIpc) is 2.70. The monoisotopic (exact) mass is 262 g/mol. The Morgan fingerprint density at radius 2 is 2.11 bits per heavy atom. The number of carbonyl (C=O) groups is 1. The van der Waals surface area contributed by atoms with Crippen LogP contribution in [0.3, 0.4) is 0 Å². The van der Waals surface area contributed by atoms with Crippen molar-refractivity contribution in [1.82, 2.24) is 9.88 Å². The van der Waals surface area contributed by atoms with Gasteiger partial charge < -0.3 is 14.7 Å². The number of pyridine rings is 1. The van der Waals surface area contributed by atoms with Crippen molar-refractivity contribution in [1.29, 1.82) is 0 Å². The quantitative estimate of drug-likeness (QED) is 0.889. The summed E-state index contributed by atoms with van der Waals surface area (Å²) in [7, 11) is 1.65. The normalized spacial score (nSPS) is 29.3. The number of ether oxygens (including phenoxy) is 1. The first-order valence-electron chi connectivity index (χ1n) is 6.70. The molecule has 2 atom stereocenters. The maximum absolute atomic E-state index is 11.3. The Hall–Kier alpha value is -1.78. The maximum Gasteiger partial charge on any atom is 0.407 e. The minimum Gasteiger partial charge on any atom is -0.495 e. The van der Waals surface area contributed by atoms with Crippen molar-refractivity contribution in [2.24, 2.45) is 0 Å². The molecule has 19 heavy (non-hydrogen) atoms. The molecule has 0 aromatic carbocycles. The number of nitrogens with zero attached hydrogens (tertiary/aromatic N) is 2. The van der Waals surface area contributed by atoms with Crippen molar-refractivity contribution in [2.75, 3.05) is 7.11 Å². The van der Waals surface area contributed by atoms with Gasteiger partial charge in [0.2, 0.25) is 0 Å². The number of rotatable bonds is 2. The fourth-order valence-electron chi connectivity index (χ4n) is 3.64. The molecule has 0 saturated carbocycles. The number of carboxylic acid groups (broad SMARTS) is 1. The van der Waals surface area contributed by atoms with Gasteiger partial charge in [-0.2, -0.15) is 0 Å². The fraction of sp³-hybridized carbons (Fsp3) is 0.571. The molecule has 102 valence electrons. The van der Waals surface area contributed by atoms with Crippen LogP contribution >= 0.6 is 0 Å². The van der Waals surface area contributed by atoms with Crippen molar-refractivity contribution < 1.29 is 14.6 Å². The molecule has 5 nitrogen and oxygen atoms in total. The first-order chi connectivity index (χ1) is 9.20. The summed E-state index contributed by atoms with van der Waals surface area (Å²) in [5, 5.41) is 9.27. The van der Waals surface area contributed by atoms with E-state index in [2.05, 4.69) is 4.98 Å². The zero-order chi connectivity index (χ0) is 13.4. The summed E-state index contributed by atoms with van der Waals surface area (Å²) < 4.78 is 5.37. The lowest BCUT2D eigenvalue weighted by molar-refractivity contribution is 0.0962. The van der Waals surface area contributed by atoms with E-state index in [0.29, 0.717) is 5.92 Å². The van der Waals surface area contributed by atoms with Crippen LogP contribution < -0.4 is 4.74 Å². The summed E-state index contributed by atoms with van der Waals surface area (Å²) in [5.41, 5.74) is 1.17. The summed E-state index contributed by atoms with van der Waals surface area (Å²) in [5.74, 6) is 1.20. The highest BCUT2D eigenvalue weighted by molar-refractivity contribution is 5.66. The Balaban J connectivity index is 1.85. The highest BCUT2D eigenvalue weighted by Gasteiger charge is 2.44. The average molecular weight is 262 g/mol. The number of amides is 1. The summed E-state index contributed by atoms with van der Waals surface area (Å²) in [4.78, 5) is 17.0. The van der Waals surface area contributed by atoms with Crippen molar-refractivity contribution >= 4 is 6.09 Å². The second kappa shape index (κ2) is 4.72. The third-order valence-corrected chi connectivity index (χ3v) is 4.43. The predicted octanol–water partition coefficient (Wildman–Crippen LogP) is 2.48. The lowest BCUT2D eigenvalue weighted by Crippen LogP contribution is -2.45. The summed E-state index contributed by atoms with van der Waals surface area (Å²) in [6.45, 7) is 0. The molecule has 2 aliphatic heterocycles. The molecule has 2 bridgehead atoms. The van der Waals surface area contributed by atoms with Gasteiger partial charge in [0, 0.05) is 23.8 Å². The smallest absolute Gasteiger partial charge is 0.407 e. The highest BCUT2D eigenvalue weighted by atomic mass is 16.5. The predicted molar refractivity (Wildman–Crippen MR) is 69.4 cm³/mol. The lowest BCUT2D eigenvalue weighted by atomic mass is 9.85. The largest absolute Gasteiger partial charge is 0.495 e. The number of fused-ring (bicyclic) bond motifs is 2. The van der Waals surface area contributed by atoms with Crippen LogP contribution in [0.2, 0.25) is 0 Å². The number of aromatic nitrogens is 1. The van der Waals surface area contributed by atoms with Crippen LogP contribution in [0, 0.1) is 0 Å². The summed E-state index contributed by atoms with van der Waals surface area (Å²) in [6, 6.07) is 2.33. The lowest BCUT2D eigenvalue weighted by Gasteiger charge is -2.37. The van der Waals surface area contributed by atoms with E-state index in [-0.39, 0.29) is 12.1 Å². The first kappa shape index (κ1) is 12.3. The maximum atomic E-state index is 11.3. The molecule has 0 radical (unpaired) electrons. The SMILES string of the molecule is COc1cnccc1C1CC2CCC(C1)N2C(=O)O. The van der Waals surface area contributed by atoms with Crippen molar-refractivity contribution in [3.05, 3.63) is 24.0 Å². The summed E-state index contributed by atoms with van der Waals surface area (Å²) >= 11 is 0. The molecule has 0 spiro atoms. The Bertz CT molecular complexity index is 477. The molecule has 1 N–H and O–H groups in total. The third kappa shape index (κ3) is 2.03. The van der Waals surface area contributed by atoms with E-state index in [1.807, 2.05) is 6.07 Å². The molecular formula is C14H18N2O3. The van der Waals surface area contributed by atoms with E-state index in [0.717, 1.165) is 31.4 Å².